The van der Waals surface area contributed by atoms with Crippen LogP contribution in [0, 0.1) is 0 Å². The molecule has 0 radical (unpaired) electrons. The van der Waals surface area contributed by atoms with Gasteiger partial charge in [0.2, 0.25) is 5.91 Å². The van der Waals surface area contributed by atoms with Gasteiger partial charge in [-0.2, -0.15) is 0 Å². The molecule has 0 aliphatic carbocycles. The SMILES string of the molecule is O=C1CCc2cc(C(=O)CSc3nnc(-c4ccc(Cl)cc4)n3C[C@@H]3CCCO3)ccc2N1. The van der Waals surface area contributed by atoms with Crippen LogP contribution >= 0.6 is 23.4 Å². The highest BCUT2D eigenvalue weighted by Crippen LogP contribution is 2.29. The largest absolute Gasteiger partial charge is 0.376 e. The molecule has 0 bridgehead atoms. The first-order valence-electron chi connectivity index (χ1n) is 11.0. The van der Waals surface area contributed by atoms with Crippen LogP contribution in [-0.4, -0.2) is 44.9 Å². The molecule has 3 heterocycles. The molecule has 7 nitrogen and oxygen atoms in total. The third kappa shape index (κ3) is 4.98. The fourth-order valence-electron chi connectivity index (χ4n) is 4.13. The van der Waals surface area contributed by atoms with Gasteiger partial charge in [0.15, 0.2) is 16.8 Å². The number of fused-ring (bicyclic) bond motifs is 1. The molecule has 1 aromatic heterocycles. The Bertz CT molecular complexity index is 1190. The summed E-state index contributed by atoms with van der Waals surface area (Å²) in [4.78, 5) is 24.5. The second-order valence-corrected chi connectivity index (χ2v) is 9.57. The van der Waals surface area contributed by atoms with E-state index >= 15 is 0 Å². The van der Waals surface area contributed by atoms with Crippen molar-refractivity contribution in [3.05, 3.63) is 58.6 Å². The molecule has 1 saturated heterocycles. The van der Waals surface area contributed by atoms with E-state index < -0.39 is 0 Å². The highest BCUT2D eigenvalue weighted by Gasteiger charge is 2.23. The molecule has 9 heteroatoms. The maximum Gasteiger partial charge on any atom is 0.224 e. The van der Waals surface area contributed by atoms with Crippen LogP contribution in [0.25, 0.3) is 11.4 Å². The van der Waals surface area contributed by atoms with Crippen molar-refractivity contribution < 1.29 is 14.3 Å². The number of halogens is 1. The second kappa shape index (κ2) is 9.67. The van der Waals surface area contributed by atoms with Crippen molar-refractivity contribution in [2.45, 2.75) is 43.5 Å². The minimum absolute atomic E-state index is 0.0132. The number of aryl methyl sites for hydroxylation is 1. The normalized spacial score (nSPS) is 17.6. The van der Waals surface area contributed by atoms with E-state index in [0.717, 1.165) is 42.1 Å². The van der Waals surface area contributed by atoms with E-state index in [0.29, 0.717) is 35.1 Å². The van der Waals surface area contributed by atoms with Gasteiger partial charge in [0, 0.05) is 34.9 Å². The monoisotopic (exact) mass is 482 g/mol. The molecule has 1 fully saturated rings. The number of carbonyl (C=O) groups excluding carboxylic acids is 2. The molecule has 1 atom stereocenters. The van der Waals surface area contributed by atoms with E-state index in [1.165, 1.54) is 11.8 Å². The summed E-state index contributed by atoms with van der Waals surface area (Å²) in [5.74, 6) is 1.01. The molecule has 1 amide bonds. The maximum atomic E-state index is 12.9. The van der Waals surface area contributed by atoms with Crippen molar-refractivity contribution in [1.82, 2.24) is 14.8 Å². The lowest BCUT2D eigenvalue weighted by atomic mass is 9.99. The Morgan fingerprint density at radius 1 is 1.18 bits per heavy atom. The Labute approximate surface area is 200 Å². The van der Waals surface area contributed by atoms with Crippen LogP contribution in [0.4, 0.5) is 5.69 Å². The number of Topliss-reactive ketones (excluding diaryl/α,β-unsaturated/α-hetero) is 1. The first-order valence-corrected chi connectivity index (χ1v) is 12.3. The van der Waals surface area contributed by atoms with Crippen LogP contribution in [0.3, 0.4) is 0 Å². The number of amides is 1. The number of ether oxygens (including phenoxy) is 1. The van der Waals surface area contributed by atoms with E-state index in [1.807, 2.05) is 41.0 Å². The smallest absolute Gasteiger partial charge is 0.224 e. The molecule has 170 valence electrons. The first kappa shape index (κ1) is 22.1. The number of nitrogens with one attached hydrogen (secondary N) is 1. The zero-order valence-corrected chi connectivity index (χ0v) is 19.5. The van der Waals surface area contributed by atoms with Crippen LogP contribution in [0.5, 0.6) is 0 Å². The molecule has 33 heavy (non-hydrogen) atoms. The molecular formula is C24H23ClN4O3S. The number of rotatable bonds is 7. The minimum atomic E-state index is 0.0132. The molecule has 2 aromatic carbocycles. The minimum Gasteiger partial charge on any atom is -0.376 e. The summed E-state index contributed by atoms with van der Waals surface area (Å²) in [6.07, 6.45) is 3.24. The van der Waals surface area contributed by atoms with Gasteiger partial charge in [-0.05, 0) is 67.3 Å². The number of aromatic nitrogens is 3. The summed E-state index contributed by atoms with van der Waals surface area (Å²) in [5.41, 5.74) is 3.34. The van der Waals surface area contributed by atoms with Crippen molar-refractivity contribution in [2.75, 3.05) is 17.7 Å². The molecule has 0 unspecified atom stereocenters. The Kier molecular flexibility index (Phi) is 6.48. The molecule has 0 spiro atoms. The van der Waals surface area contributed by atoms with Crippen molar-refractivity contribution in [2.24, 2.45) is 0 Å². The number of anilines is 1. The number of hydrogen-bond donors (Lipinski definition) is 1. The molecule has 2 aliphatic heterocycles. The van der Waals surface area contributed by atoms with Gasteiger partial charge in [-0.25, -0.2) is 0 Å². The predicted octanol–water partition coefficient (Wildman–Crippen LogP) is 4.64. The molecule has 5 rings (SSSR count). The summed E-state index contributed by atoms with van der Waals surface area (Å²) in [7, 11) is 0. The number of hydrogen-bond acceptors (Lipinski definition) is 6. The Balaban J connectivity index is 1.35. The fourth-order valence-corrected chi connectivity index (χ4v) is 5.10. The maximum absolute atomic E-state index is 12.9. The summed E-state index contributed by atoms with van der Waals surface area (Å²) in [5, 5.41) is 13.0. The van der Waals surface area contributed by atoms with Gasteiger partial charge in [0.25, 0.3) is 0 Å². The van der Waals surface area contributed by atoms with Crippen LogP contribution in [0.1, 0.15) is 35.2 Å². The molecule has 1 N–H and O–H groups in total. The lowest BCUT2D eigenvalue weighted by Crippen LogP contribution is -2.19. The lowest BCUT2D eigenvalue weighted by molar-refractivity contribution is -0.116. The molecule has 0 saturated carbocycles. The first-order chi connectivity index (χ1) is 16.1. The van der Waals surface area contributed by atoms with Gasteiger partial charge >= 0.3 is 0 Å². The van der Waals surface area contributed by atoms with Gasteiger partial charge in [-0.15, -0.1) is 10.2 Å². The summed E-state index contributed by atoms with van der Waals surface area (Å²) in [6, 6.07) is 13.0. The Morgan fingerprint density at radius 2 is 2.03 bits per heavy atom. The number of benzene rings is 2. The van der Waals surface area contributed by atoms with Crippen molar-refractivity contribution >= 4 is 40.7 Å². The summed E-state index contributed by atoms with van der Waals surface area (Å²) >= 11 is 7.43. The fraction of sp³-hybridized carbons (Fsp3) is 0.333. The number of nitrogens with zero attached hydrogens (tertiary/aromatic N) is 3. The van der Waals surface area contributed by atoms with Crippen LogP contribution in [-0.2, 0) is 22.5 Å². The predicted molar refractivity (Wildman–Crippen MR) is 128 cm³/mol. The Morgan fingerprint density at radius 3 is 2.82 bits per heavy atom. The van der Waals surface area contributed by atoms with E-state index in [1.54, 1.807) is 6.07 Å². The van der Waals surface area contributed by atoms with E-state index in [9.17, 15) is 9.59 Å². The molecule has 3 aromatic rings. The van der Waals surface area contributed by atoms with Crippen molar-refractivity contribution in [1.29, 1.82) is 0 Å². The van der Waals surface area contributed by atoms with Crippen LogP contribution < -0.4 is 5.32 Å². The van der Waals surface area contributed by atoms with Crippen LogP contribution in [0.15, 0.2) is 47.6 Å². The molecular weight excluding hydrogens is 460 g/mol. The van der Waals surface area contributed by atoms with Gasteiger partial charge < -0.3 is 10.1 Å². The van der Waals surface area contributed by atoms with Crippen LogP contribution in [0.2, 0.25) is 5.02 Å². The topological polar surface area (TPSA) is 86.1 Å². The number of thioether (sulfide) groups is 1. The van der Waals surface area contributed by atoms with Gasteiger partial charge in [0.05, 0.1) is 18.4 Å². The zero-order valence-electron chi connectivity index (χ0n) is 17.9. The standard InChI is InChI=1S/C24H23ClN4O3S/c25-18-7-3-15(4-8-18)23-27-28-24(29(23)13-19-2-1-11-32-19)33-14-21(30)17-5-9-20-16(12-17)6-10-22(31)26-20/h3-5,7-9,12,19H,1-2,6,10-11,13-14H2,(H,26,31)/t19-/m0/s1. The Hall–Kier alpha value is -2.68. The van der Waals surface area contributed by atoms with Crippen molar-refractivity contribution in [3.8, 4) is 11.4 Å². The second-order valence-electron chi connectivity index (χ2n) is 8.19. The number of carbonyl (C=O) groups is 2. The summed E-state index contributed by atoms with van der Waals surface area (Å²) in [6.45, 7) is 1.41. The van der Waals surface area contributed by atoms with E-state index in [4.69, 9.17) is 16.3 Å². The number of ketones is 1. The highest BCUT2D eigenvalue weighted by molar-refractivity contribution is 7.99. The summed E-state index contributed by atoms with van der Waals surface area (Å²) < 4.78 is 7.88. The van der Waals surface area contributed by atoms with Crippen molar-refractivity contribution in [3.63, 3.8) is 0 Å². The van der Waals surface area contributed by atoms with Gasteiger partial charge in [-0.3, -0.25) is 14.2 Å². The highest BCUT2D eigenvalue weighted by atomic mass is 35.5. The average molecular weight is 483 g/mol. The average Bonchev–Trinajstić information content (AvgIpc) is 3.48. The van der Waals surface area contributed by atoms with Gasteiger partial charge in [-0.1, -0.05) is 23.4 Å². The third-order valence-electron chi connectivity index (χ3n) is 5.88. The van der Waals surface area contributed by atoms with E-state index in [2.05, 4.69) is 15.5 Å². The third-order valence-corrected chi connectivity index (χ3v) is 7.10. The quantitative estimate of drug-likeness (QED) is 0.390. The molecule has 2 aliphatic rings. The lowest BCUT2D eigenvalue weighted by Gasteiger charge is -2.17. The van der Waals surface area contributed by atoms with E-state index in [-0.39, 0.29) is 23.5 Å². The van der Waals surface area contributed by atoms with Gasteiger partial charge in [0.1, 0.15) is 0 Å². The zero-order chi connectivity index (χ0) is 22.8.